The summed E-state index contributed by atoms with van der Waals surface area (Å²) in [5.41, 5.74) is 3.69. The van der Waals surface area contributed by atoms with Crippen LogP contribution in [0.1, 0.15) is 28.1 Å². The lowest BCUT2D eigenvalue weighted by Gasteiger charge is -2.24. The molecule has 36 heavy (non-hydrogen) atoms. The third-order valence-corrected chi connectivity index (χ3v) is 6.97. The van der Waals surface area contributed by atoms with E-state index in [1.807, 2.05) is 83.7 Å². The Morgan fingerprint density at radius 3 is 2.72 bits per heavy atom. The van der Waals surface area contributed by atoms with Crippen LogP contribution in [0, 0.1) is 6.92 Å². The molecule has 2 aromatic carbocycles. The van der Waals surface area contributed by atoms with Gasteiger partial charge in [-0.15, -0.1) is 11.3 Å². The van der Waals surface area contributed by atoms with E-state index >= 15 is 0 Å². The zero-order valence-corrected chi connectivity index (χ0v) is 20.9. The minimum absolute atomic E-state index is 0.0549. The smallest absolute Gasteiger partial charge is 0.264 e. The molecule has 2 aromatic heterocycles. The maximum absolute atomic E-state index is 13.3. The van der Waals surface area contributed by atoms with Crippen LogP contribution in [0.4, 0.5) is 5.95 Å². The molecule has 2 amide bonds. The maximum Gasteiger partial charge on any atom is 0.264 e. The Hall–Kier alpha value is -3.75. The zero-order valence-electron chi connectivity index (χ0n) is 20.1. The van der Waals surface area contributed by atoms with E-state index in [1.54, 1.807) is 11.0 Å². The number of anilines is 1. The van der Waals surface area contributed by atoms with Crippen LogP contribution in [0.15, 0.2) is 78.3 Å². The highest BCUT2D eigenvalue weighted by molar-refractivity contribution is 7.12. The maximum atomic E-state index is 13.3. The summed E-state index contributed by atoms with van der Waals surface area (Å²) < 4.78 is 7.63. The Balaban J connectivity index is 1.40. The van der Waals surface area contributed by atoms with Gasteiger partial charge in [0.25, 0.3) is 5.91 Å². The Bertz CT molecular complexity index is 1330. The quantitative estimate of drug-likeness (QED) is 0.362. The first-order valence-electron chi connectivity index (χ1n) is 12.0. The molecule has 0 spiro atoms. The molecule has 184 valence electrons. The molecule has 3 heterocycles. The summed E-state index contributed by atoms with van der Waals surface area (Å²) in [6, 6.07) is 21.5. The molecule has 0 bridgehead atoms. The van der Waals surface area contributed by atoms with Gasteiger partial charge in [0, 0.05) is 30.6 Å². The van der Waals surface area contributed by atoms with Crippen molar-refractivity contribution in [1.29, 1.82) is 0 Å². The highest BCUT2D eigenvalue weighted by atomic mass is 32.1. The van der Waals surface area contributed by atoms with E-state index in [0.717, 1.165) is 35.3 Å². The van der Waals surface area contributed by atoms with Gasteiger partial charge in [-0.05, 0) is 48.9 Å². The Morgan fingerprint density at radius 1 is 1.14 bits per heavy atom. The van der Waals surface area contributed by atoms with Gasteiger partial charge >= 0.3 is 0 Å². The first-order chi connectivity index (χ1) is 17.6. The second-order valence-electron chi connectivity index (χ2n) is 8.87. The molecule has 1 unspecified atom stereocenters. The van der Waals surface area contributed by atoms with Crippen LogP contribution in [-0.2, 0) is 9.53 Å². The van der Waals surface area contributed by atoms with Gasteiger partial charge in [0.05, 0.1) is 16.7 Å². The van der Waals surface area contributed by atoms with E-state index in [4.69, 9.17) is 9.72 Å². The van der Waals surface area contributed by atoms with Gasteiger partial charge in [-0.25, -0.2) is 4.98 Å². The van der Waals surface area contributed by atoms with Gasteiger partial charge in [-0.1, -0.05) is 48.5 Å². The summed E-state index contributed by atoms with van der Waals surface area (Å²) >= 11 is 1.37. The fraction of sp³-hybridized carbons (Fsp3) is 0.250. The van der Waals surface area contributed by atoms with Crippen LogP contribution in [0.3, 0.4) is 0 Å². The number of carbonyl (C=O) groups excluding carboxylic acids is 2. The van der Waals surface area contributed by atoms with Gasteiger partial charge in [0.15, 0.2) is 0 Å². The number of aromatic nitrogens is 2. The van der Waals surface area contributed by atoms with Gasteiger partial charge in [-0.2, -0.15) is 0 Å². The second kappa shape index (κ2) is 10.9. The SMILES string of the molecule is Cc1cccc(-n2cc(-c3ccccc3)nc2NC(=O)CN(CC2CCCO2)C(=O)c2cccs2)c1. The molecule has 1 saturated heterocycles. The highest BCUT2D eigenvalue weighted by Gasteiger charge is 2.26. The number of nitrogens with one attached hydrogen (secondary N) is 1. The average Bonchev–Trinajstić information content (AvgIpc) is 3.66. The number of carbonyl (C=O) groups is 2. The zero-order chi connectivity index (χ0) is 24.9. The summed E-state index contributed by atoms with van der Waals surface area (Å²) in [5, 5.41) is 4.82. The molecule has 1 aliphatic heterocycles. The first-order valence-corrected chi connectivity index (χ1v) is 12.9. The van der Waals surface area contributed by atoms with Crippen molar-refractivity contribution in [3.05, 3.63) is 88.7 Å². The molecule has 4 aromatic rings. The summed E-state index contributed by atoms with van der Waals surface area (Å²) in [6.45, 7) is 3.01. The number of benzene rings is 2. The van der Waals surface area contributed by atoms with Crippen LogP contribution in [0.5, 0.6) is 0 Å². The van der Waals surface area contributed by atoms with Gasteiger partial charge < -0.3 is 9.64 Å². The number of amides is 2. The number of ether oxygens (including phenoxy) is 1. The fourth-order valence-electron chi connectivity index (χ4n) is 4.34. The molecule has 1 aliphatic rings. The normalized spacial score (nSPS) is 15.1. The van der Waals surface area contributed by atoms with Crippen LogP contribution in [0.25, 0.3) is 16.9 Å². The molecule has 0 saturated carbocycles. The summed E-state index contributed by atoms with van der Waals surface area (Å²) in [5.74, 6) is -0.0650. The third-order valence-electron chi connectivity index (χ3n) is 6.11. The molecule has 1 N–H and O–H groups in total. The lowest BCUT2D eigenvalue weighted by atomic mass is 10.2. The molecule has 5 rings (SSSR count). The Labute approximate surface area is 214 Å². The molecule has 0 radical (unpaired) electrons. The number of hydrogen-bond donors (Lipinski definition) is 1. The monoisotopic (exact) mass is 500 g/mol. The van der Waals surface area contributed by atoms with E-state index < -0.39 is 0 Å². The van der Waals surface area contributed by atoms with Crippen LogP contribution in [0.2, 0.25) is 0 Å². The third kappa shape index (κ3) is 5.56. The number of rotatable bonds is 8. The van der Waals surface area contributed by atoms with E-state index in [2.05, 4.69) is 5.32 Å². The van der Waals surface area contributed by atoms with E-state index in [0.29, 0.717) is 24.0 Å². The van der Waals surface area contributed by atoms with Crippen molar-refractivity contribution in [1.82, 2.24) is 14.5 Å². The van der Waals surface area contributed by atoms with Gasteiger partial charge in [-0.3, -0.25) is 19.5 Å². The van der Waals surface area contributed by atoms with Crippen molar-refractivity contribution in [2.75, 3.05) is 25.0 Å². The predicted octanol–water partition coefficient (Wildman–Crippen LogP) is 5.17. The van der Waals surface area contributed by atoms with Crippen molar-refractivity contribution in [2.24, 2.45) is 0 Å². The van der Waals surface area contributed by atoms with Crippen LogP contribution in [-0.4, -0.2) is 52.1 Å². The van der Waals surface area contributed by atoms with Gasteiger partial charge in [0.2, 0.25) is 11.9 Å². The van der Waals surface area contributed by atoms with Crippen molar-refractivity contribution < 1.29 is 14.3 Å². The first kappa shape index (κ1) is 24.0. The van der Waals surface area contributed by atoms with E-state index in [-0.39, 0.29) is 24.5 Å². The lowest BCUT2D eigenvalue weighted by Crippen LogP contribution is -2.42. The summed E-state index contributed by atoms with van der Waals surface area (Å²) in [7, 11) is 0. The van der Waals surface area contributed by atoms with Crippen molar-refractivity contribution in [3.8, 4) is 16.9 Å². The largest absolute Gasteiger partial charge is 0.376 e. The highest BCUT2D eigenvalue weighted by Crippen LogP contribution is 2.25. The Kier molecular flexibility index (Phi) is 7.25. The topological polar surface area (TPSA) is 76.5 Å². The van der Waals surface area contributed by atoms with Crippen molar-refractivity contribution in [2.45, 2.75) is 25.9 Å². The molecule has 7 nitrogen and oxygen atoms in total. The minimum Gasteiger partial charge on any atom is -0.376 e. The fourth-order valence-corrected chi connectivity index (χ4v) is 5.03. The van der Waals surface area contributed by atoms with E-state index in [1.165, 1.54) is 11.3 Å². The van der Waals surface area contributed by atoms with Crippen LogP contribution >= 0.6 is 11.3 Å². The van der Waals surface area contributed by atoms with Crippen molar-refractivity contribution in [3.63, 3.8) is 0 Å². The number of nitrogens with zero attached hydrogens (tertiary/aromatic N) is 3. The molecule has 1 fully saturated rings. The standard InChI is InChI=1S/C28H28N4O3S/c1-20-8-5-11-22(16-20)32-18-24(21-9-3-2-4-10-21)29-28(32)30-26(33)19-31(17-23-12-6-14-35-23)27(34)25-13-7-15-36-25/h2-5,7-11,13,15-16,18,23H,6,12,14,17,19H2,1H3,(H,29,30,33). The van der Waals surface area contributed by atoms with E-state index in [9.17, 15) is 9.59 Å². The second-order valence-corrected chi connectivity index (χ2v) is 9.82. The molecule has 1 atom stereocenters. The average molecular weight is 501 g/mol. The molecular weight excluding hydrogens is 472 g/mol. The molecular formula is C28H28N4O3S. The number of imidazole rings is 1. The number of hydrogen-bond acceptors (Lipinski definition) is 5. The predicted molar refractivity (Wildman–Crippen MR) is 142 cm³/mol. The molecule has 0 aliphatic carbocycles. The van der Waals surface area contributed by atoms with Crippen LogP contribution < -0.4 is 5.32 Å². The summed E-state index contributed by atoms with van der Waals surface area (Å²) in [6.07, 6.45) is 3.71. The Morgan fingerprint density at radius 2 is 2.00 bits per heavy atom. The number of aryl methyl sites for hydroxylation is 1. The number of thiophene rings is 1. The molecule has 8 heteroatoms. The lowest BCUT2D eigenvalue weighted by molar-refractivity contribution is -0.117. The van der Waals surface area contributed by atoms with Crippen molar-refractivity contribution >= 4 is 29.1 Å². The van der Waals surface area contributed by atoms with Gasteiger partial charge in [0.1, 0.15) is 6.54 Å². The minimum atomic E-state index is -0.308. The summed E-state index contributed by atoms with van der Waals surface area (Å²) in [4.78, 5) is 33.4.